The van der Waals surface area contributed by atoms with Crippen molar-refractivity contribution in [3.8, 4) is 0 Å². The van der Waals surface area contributed by atoms with E-state index in [1.807, 2.05) is 0 Å². The molecule has 0 aliphatic heterocycles. The summed E-state index contributed by atoms with van der Waals surface area (Å²) in [4.78, 5) is 10.6. The molecule has 0 radical (unpaired) electrons. The van der Waals surface area contributed by atoms with Gasteiger partial charge in [-0.15, -0.1) is 0 Å². The molecule has 0 saturated heterocycles. The topological polar surface area (TPSA) is 63.3 Å². The zero-order valence-corrected chi connectivity index (χ0v) is 6.13. The van der Waals surface area contributed by atoms with E-state index >= 15 is 0 Å². The maximum absolute atomic E-state index is 10.6. The fourth-order valence-corrected chi connectivity index (χ4v) is 0.774. The van der Waals surface area contributed by atoms with Crippen LogP contribution in [0.2, 0.25) is 0 Å². The van der Waals surface area contributed by atoms with Crippen molar-refractivity contribution in [3.63, 3.8) is 0 Å². The number of aliphatic carboxylic acids is 1. The number of carboxylic acid groups (broad SMARTS) is 1. The first kappa shape index (κ1) is 3.44. The smallest absolute Gasteiger partial charge is 0.303 e. The van der Waals surface area contributed by atoms with Crippen LogP contribution < -0.4 is 5.73 Å². The second kappa shape index (κ2) is 5.13. The Kier molecular flexibility index (Phi) is 1.60. The Morgan fingerprint density at radius 3 is 2.82 bits per heavy atom. The molecule has 0 aliphatic carbocycles. The summed E-state index contributed by atoms with van der Waals surface area (Å²) < 4.78 is 50.9. The van der Waals surface area contributed by atoms with Crippen LogP contribution in [-0.2, 0) is 4.79 Å². The zero-order valence-electron chi connectivity index (χ0n) is 13.1. The first-order valence-electron chi connectivity index (χ1n) is 6.77. The molecule has 3 heteroatoms. The highest BCUT2D eigenvalue weighted by molar-refractivity contribution is 5.67. The van der Waals surface area contributed by atoms with Gasteiger partial charge in [-0.3, -0.25) is 4.79 Å². The van der Waals surface area contributed by atoms with E-state index in [-0.39, 0.29) is 6.54 Å². The van der Waals surface area contributed by atoms with E-state index in [0.29, 0.717) is 0 Å². The van der Waals surface area contributed by atoms with Crippen molar-refractivity contribution in [2.75, 3.05) is 6.54 Å². The lowest BCUT2D eigenvalue weighted by Crippen LogP contribution is -2.19. The Balaban J connectivity index is 5.19. The molecule has 0 aromatic rings. The molecule has 0 aromatic heterocycles. The maximum Gasteiger partial charge on any atom is 0.303 e. The Hall–Kier alpha value is -0.570. The predicted octanol–water partition coefficient (Wildman–Crippen LogP) is 1.08. The van der Waals surface area contributed by atoms with Crippen molar-refractivity contribution in [2.24, 2.45) is 17.5 Å². The number of nitrogens with two attached hydrogens (primary N) is 1. The largest absolute Gasteiger partial charge is 0.481 e. The van der Waals surface area contributed by atoms with Crippen molar-refractivity contribution in [3.05, 3.63) is 0 Å². The van der Waals surface area contributed by atoms with Gasteiger partial charge in [0.1, 0.15) is 0 Å². The molecule has 0 aromatic carbocycles. The van der Waals surface area contributed by atoms with Gasteiger partial charge in [0.15, 0.2) is 0 Å². The van der Waals surface area contributed by atoms with Crippen LogP contribution in [-0.4, -0.2) is 17.6 Å². The minimum atomic E-state index is -3.04. The summed E-state index contributed by atoms with van der Waals surface area (Å²) in [7, 11) is 0. The maximum atomic E-state index is 10.6. The number of hydrogen-bond donors (Lipinski definition) is 2. The number of rotatable bonds is 5. The van der Waals surface area contributed by atoms with Crippen LogP contribution in [0, 0.1) is 11.8 Å². The molecule has 0 spiro atoms. The fourth-order valence-electron chi connectivity index (χ4n) is 0.774. The second-order valence-corrected chi connectivity index (χ2v) is 2.38. The SMILES string of the molecule is [2H]C([2H])([2H])C([2H])(CC(CN)CC(=O)O)C([2H])([2H])[2H]. The van der Waals surface area contributed by atoms with E-state index in [9.17, 15) is 4.79 Å². The molecule has 3 N–H and O–H groups in total. The molecule has 66 valence electrons. The lowest BCUT2D eigenvalue weighted by molar-refractivity contribution is -0.138. The normalized spacial score (nSPS) is 26.1. The van der Waals surface area contributed by atoms with Crippen molar-refractivity contribution in [2.45, 2.75) is 26.5 Å². The van der Waals surface area contributed by atoms with E-state index in [1.165, 1.54) is 0 Å². The molecule has 0 rings (SSSR count). The van der Waals surface area contributed by atoms with E-state index in [4.69, 9.17) is 20.4 Å². The molecule has 1 atom stereocenters. The zero-order chi connectivity index (χ0) is 14.8. The minimum absolute atomic E-state index is 0.181. The molecule has 0 aliphatic rings. The van der Waals surface area contributed by atoms with Crippen LogP contribution in [0.1, 0.15) is 36.1 Å². The Labute approximate surface area is 77.4 Å². The van der Waals surface area contributed by atoms with Gasteiger partial charge in [0.2, 0.25) is 0 Å². The summed E-state index contributed by atoms with van der Waals surface area (Å²) in [5.74, 6) is -4.77. The van der Waals surface area contributed by atoms with Gasteiger partial charge < -0.3 is 10.8 Å². The third kappa shape index (κ3) is 5.85. The summed E-state index contributed by atoms with van der Waals surface area (Å²) in [6, 6.07) is 0. The van der Waals surface area contributed by atoms with Crippen LogP contribution in [0.15, 0.2) is 0 Å². The first-order chi connectivity index (χ1) is 7.85. The van der Waals surface area contributed by atoms with Crippen LogP contribution >= 0.6 is 0 Å². The first-order valence-corrected chi connectivity index (χ1v) is 3.27. The average molecular weight is 166 g/mol. The predicted molar refractivity (Wildman–Crippen MR) is 44.3 cm³/mol. The van der Waals surface area contributed by atoms with Gasteiger partial charge in [0.05, 0.1) is 0 Å². The number of carbonyl (C=O) groups is 1. The van der Waals surface area contributed by atoms with Crippen LogP contribution in [0.3, 0.4) is 0 Å². The number of hydrogen-bond acceptors (Lipinski definition) is 2. The monoisotopic (exact) mass is 166 g/mol. The Bertz CT molecular complexity index is 285. The van der Waals surface area contributed by atoms with Crippen LogP contribution in [0.4, 0.5) is 0 Å². The summed E-state index contributed by atoms with van der Waals surface area (Å²) in [5, 5.41) is 8.62. The lowest BCUT2D eigenvalue weighted by Gasteiger charge is -2.13. The summed E-state index contributed by atoms with van der Waals surface area (Å²) >= 11 is 0. The van der Waals surface area contributed by atoms with Crippen molar-refractivity contribution in [1.29, 1.82) is 0 Å². The minimum Gasteiger partial charge on any atom is -0.481 e. The molecule has 0 saturated carbocycles. The van der Waals surface area contributed by atoms with E-state index in [1.54, 1.807) is 0 Å². The van der Waals surface area contributed by atoms with Crippen molar-refractivity contribution >= 4 is 5.97 Å². The Morgan fingerprint density at radius 1 is 1.82 bits per heavy atom. The molecule has 11 heavy (non-hydrogen) atoms. The average Bonchev–Trinajstić information content (AvgIpc) is 2.12. The van der Waals surface area contributed by atoms with Crippen LogP contribution in [0.25, 0.3) is 0 Å². The third-order valence-electron chi connectivity index (χ3n) is 1.29. The molecular weight excluding hydrogens is 142 g/mol. The molecule has 1 unspecified atom stereocenters. The van der Waals surface area contributed by atoms with Crippen molar-refractivity contribution in [1.82, 2.24) is 0 Å². The summed E-state index contributed by atoms with van der Waals surface area (Å²) in [5.41, 5.74) is 5.30. The highest BCUT2D eigenvalue weighted by Crippen LogP contribution is 2.13. The fraction of sp³-hybridized carbons (Fsp3) is 0.875. The highest BCUT2D eigenvalue weighted by Gasteiger charge is 2.12. The molecule has 0 heterocycles. The van der Waals surface area contributed by atoms with E-state index in [2.05, 4.69) is 0 Å². The molecule has 0 bridgehead atoms. The van der Waals surface area contributed by atoms with Gasteiger partial charge in [0.25, 0.3) is 0 Å². The van der Waals surface area contributed by atoms with Gasteiger partial charge in [-0.1, -0.05) is 13.7 Å². The molecule has 3 nitrogen and oxygen atoms in total. The van der Waals surface area contributed by atoms with Crippen LogP contribution in [0.5, 0.6) is 0 Å². The Morgan fingerprint density at radius 2 is 2.45 bits per heavy atom. The molecule has 0 fully saturated rings. The van der Waals surface area contributed by atoms with Gasteiger partial charge in [0, 0.05) is 16.0 Å². The van der Waals surface area contributed by atoms with E-state index in [0.717, 1.165) is 0 Å². The van der Waals surface area contributed by atoms with Gasteiger partial charge >= 0.3 is 5.97 Å². The van der Waals surface area contributed by atoms with Gasteiger partial charge in [-0.25, -0.2) is 0 Å². The quantitative estimate of drug-likeness (QED) is 0.642. The van der Waals surface area contributed by atoms with Gasteiger partial charge in [-0.05, 0) is 24.8 Å². The molecule has 0 amide bonds. The second-order valence-electron chi connectivity index (χ2n) is 2.38. The highest BCUT2D eigenvalue weighted by atomic mass is 16.4. The van der Waals surface area contributed by atoms with E-state index < -0.39 is 44.3 Å². The summed E-state index contributed by atoms with van der Waals surface area (Å²) in [6.07, 6.45) is -1.06. The summed E-state index contributed by atoms with van der Waals surface area (Å²) in [6.45, 7) is -6.26. The van der Waals surface area contributed by atoms with Crippen molar-refractivity contribution < 1.29 is 19.5 Å². The third-order valence-corrected chi connectivity index (χ3v) is 1.29. The number of carboxylic acids is 1. The molecular formula is C8H17NO2. The lowest BCUT2D eigenvalue weighted by atomic mass is 9.94. The standard InChI is InChI=1S/C8H17NO2/c1-6(2)3-7(5-9)4-8(10)11/h6-7H,3-5,9H2,1-2H3,(H,10,11)/i1D3,2D3,6D. The van der Waals surface area contributed by atoms with Gasteiger partial charge in [-0.2, -0.15) is 0 Å².